The molecule has 2 N–H and O–H groups in total. The molecule has 0 saturated heterocycles. The van der Waals surface area contributed by atoms with Gasteiger partial charge in [0.15, 0.2) is 17.3 Å². The van der Waals surface area contributed by atoms with E-state index in [-0.39, 0.29) is 17.3 Å². The Morgan fingerprint density at radius 1 is 1.08 bits per heavy atom. The van der Waals surface area contributed by atoms with Crippen LogP contribution in [0.25, 0.3) is 11.6 Å². The normalized spacial score (nSPS) is 10.8. The lowest BCUT2D eigenvalue weighted by molar-refractivity contribution is 0.324. The van der Waals surface area contributed by atoms with Crippen molar-refractivity contribution in [1.29, 1.82) is 5.26 Å². The van der Waals surface area contributed by atoms with E-state index in [1.807, 2.05) is 0 Å². The Morgan fingerprint density at radius 3 is 2.15 bits per heavy atom. The van der Waals surface area contributed by atoms with Crippen molar-refractivity contribution >= 4 is 23.5 Å². The molecule has 26 heavy (non-hydrogen) atoms. The summed E-state index contributed by atoms with van der Waals surface area (Å²) in [5.41, 5.74) is 6.60. The molecule has 0 fully saturated rings. The molecular formula is C17H20N6O3. The first kappa shape index (κ1) is 18.8. The fourth-order valence-electron chi connectivity index (χ4n) is 2.20. The molecule has 0 saturated carbocycles. The standard InChI is InChI=1S/C17H20N6O3/c1-23(2)17-21-15(20-16(19)22-17)11(9-18)6-10-7-12(24-3)14(26-5)13(8-10)25-4/h6-8H,1-5H3,(H2,19,20,21,22). The molecule has 9 nitrogen and oxygen atoms in total. The summed E-state index contributed by atoms with van der Waals surface area (Å²) in [5.74, 6) is 1.98. The number of hydrogen-bond donors (Lipinski definition) is 1. The predicted molar refractivity (Wildman–Crippen MR) is 98.1 cm³/mol. The number of nitrogen functional groups attached to an aromatic ring is 1. The summed E-state index contributed by atoms with van der Waals surface area (Å²) < 4.78 is 15.9. The van der Waals surface area contributed by atoms with Crippen molar-refractivity contribution in [3.05, 3.63) is 23.5 Å². The lowest BCUT2D eigenvalue weighted by Crippen LogP contribution is -2.15. The Morgan fingerprint density at radius 2 is 1.69 bits per heavy atom. The molecule has 0 radical (unpaired) electrons. The van der Waals surface area contributed by atoms with E-state index in [1.165, 1.54) is 21.3 Å². The zero-order valence-electron chi connectivity index (χ0n) is 15.3. The van der Waals surface area contributed by atoms with E-state index in [1.54, 1.807) is 37.2 Å². The SMILES string of the molecule is COc1cc(C=C(C#N)c2nc(N)nc(N(C)C)n2)cc(OC)c1OC. The van der Waals surface area contributed by atoms with Gasteiger partial charge in [0.2, 0.25) is 17.6 Å². The first-order chi connectivity index (χ1) is 12.4. The number of nitrogens with two attached hydrogens (primary N) is 1. The monoisotopic (exact) mass is 356 g/mol. The second-order valence-electron chi connectivity index (χ2n) is 5.34. The number of hydrogen-bond acceptors (Lipinski definition) is 9. The van der Waals surface area contributed by atoms with E-state index in [0.717, 1.165) is 0 Å². The van der Waals surface area contributed by atoms with Crippen LogP contribution in [0.4, 0.5) is 11.9 Å². The van der Waals surface area contributed by atoms with Crippen molar-refractivity contribution in [3.63, 3.8) is 0 Å². The fourth-order valence-corrected chi connectivity index (χ4v) is 2.20. The summed E-state index contributed by atoms with van der Waals surface area (Å²) in [6.45, 7) is 0. The zero-order valence-corrected chi connectivity index (χ0v) is 15.3. The van der Waals surface area contributed by atoms with Gasteiger partial charge >= 0.3 is 0 Å². The molecule has 136 valence electrons. The molecule has 9 heteroatoms. The molecule has 0 aliphatic carbocycles. The lowest BCUT2D eigenvalue weighted by atomic mass is 10.1. The maximum Gasteiger partial charge on any atom is 0.230 e. The Hall–Kier alpha value is -3.54. The minimum Gasteiger partial charge on any atom is -0.493 e. The molecule has 0 bridgehead atoms. The minimum atomic E-state index is 0.0322. The summed E-state index contributed by atoms with van der Waals surface area (Å²) in [6, 6.07) is 5.52. The number of nitriles is 1. The number of methoxy groups -OCH3 is 3. The van der Waals surface area contributed by atoms with Gasteiger partial charge in [-0.3, -0.25) is 0 Å². The van der Waals surface area contributed by atoms with Gasteiger partial charge in [-0.15, -0.1) is 0 Å². The van der Waals surface area contributed by atoms with Crippen LogP contribution in [0, 0.1) is 11.3 Å². The number of rotatable bonds is 6. The van der Waals surface area contributed by atoms with Crippen molar-refractivity contribution in [1.82, 2.24) is 15.0 Å². The van der Waals surface area contributed by atoms with Crippen LogP contribution in [0.3, 0.4) is 0 Å². The largest absolute Gasteiger partial charge is 0.493 e. The van der Waals surface area contributed by atoms with Crippen LogP contribution >= 0.6 is 0 Å². The molecule has 1 aromatic heterocycles. The molecule has 0 aliphatic heterocycles. The van der Waals surface area contributed by atoms with Crippen molar-refractivity contribution in [3.8, 4) is 23.3 Å². The van der Waals surface area contributed by atoms with Gasteiger partial charge in [0.25, 0.3) is 0 Å². The molecule has 0 unspecified atom stereocenters. The molecule has 1 aromatic carbocycles. The first-order valence-electron chi connectivity index (χ1n) is 7.54. The second-order valence-corrected chi connectivity index (χ2v) is 5.34. The van der Waals surface area contributed by atoms with E-state index < -0.39 is 0 Å². The van der Waals surface area contributed by atoms with Crippen molar-refractivity contribution in [2.75, 3.05) is 46.1 Å². The molecule has 1 heterocycles. The van der Waals surface area contributed by atoms with Gasteiger partial charge < -0.3 is 24.8 Å². The van der Waals surface area contributed by atoms with Gasteiger partial charge in [0, 0.05) is 14.1 Å². The van der Waals surface area contributed by atoms with Gasteiger partial charge in [-0.1, -0.05) is 0 Å². The van der Waals surface area contributed by atoms with Gasteiger partial charge in [0.1, 0.15) is 6.07 Å². The fraction of sp³-hybridized carbons (Fsp3) is 0.294. The third-order valence-electron chi connectivity index (χ3n) is 3.40. The summed E-state index contributed by atoms with van der Waals surface area (Å²) in [6.07, 6.45) is 1.61. The summed E-state index contributed by atoms with van der Waals surface area (Å²) in [4.78, 5) is 14.0. The van der Waals surface area contributed by atoms with E-state index in [0.29, 0.717) is 28.8 Å². The third-order valence-corrected chi connectivity index (χ3v) is 3.40. The summed E-state index contributed by atoms with van der Waals surface area (Å²) >= 11 is 0. The maximum absolute atomic E-state index is 9.55. The highest BCUT2D eigenvalue weighted by molar-refractivity contribution is 5.88. The molecule has 2 rings (SSSR count). The van der Waals surface area contributed by atoms with Crippen molar-refractivity contribution in [2.24, 2.45) is 0 Å². The highest BCUT2D eigenvalue weighted by Crippen LogP contribution is 2.39. The predicted octanol–water partition coefficient (Wildman–Crippen LogP) is 1.61. The van der Waals surface area contributed by atoms with Crippen LogP contribution in [-0.4, -0.2) is 50.4 Å². The number of nitrogens with zero attached hydrogens (tertiary/aromatic N) is 5. The van der Waals surface area contributed by atoms with E-state index in [9.17, 15) is 5.26 Å². The lowest BCUT2D eigenvalue weighted by Gasteiger charge is -2.13. The number of aromatic nitrogens is 3. The Balaban J connectivity index is 2.58. The summed E-state index contributed by atoms with van der Waals surface area (Å²) in [7, 11) is 8.10. The average Bonchev–Trinajstić information content (AvgIpc) is 2.64. The van der Waals surface area contributed by atoms with Crippen LogP contribution in [0.2, 0.25) is 0 Å². The second kappa shape index (κ2) is 8.02. The smallest absolute Gasteiger partial charge is 0.230 e. The number of ether oxygens (including phenoxy) is 3. The van der Waals surface area contributed by atoms with Crippen LogP contribution in [-0.2, 0) is 0 Å². The Labute approximate surface area is 151 Å². The van der Waals surface area contributed by atoms with Gasteiger partial charge in [-0.05, 0) is 23.8 Å². The Kier molecular flexibility index (Phi) is 5.80. The first-order valence-corrected chi connectivity index (χ1v) is 7.54. The number of anilines is 2. The zero-order chi connectivity index (χ0) is 19.3. The molecule has 2 aromatic rings. The van der Waals surface area contributed by atoms with Crippen LogP contribution in [0.1, 0.15) is 11.4 Å². The summed E-state index contributed by atoms with van der Waals surface area (Å²) in [5, 5.41) is 9.55. The molecule has 0 amide bonds. The van der Waals surface area contributed by atoms with E-state index in [2.05, 4.69) is 21.0 Å². The molecule has 0 aliphatic rings. The van der Waals surface area contributed by atoms with E-state index >= 15 is 0 Å². The van der Waals surface area contributed by atoms with Gasteiger partial charge in [-0.2, -0.15) is 20.2 Å². The van der Waals surface area contributed by atoms with Crippen LogP contribution < -0.4 is 24.8 Å². The number of benzene rings is 1. The third kappa shape index (κ3) is 3.92. The molecule has 0 spiro atoms. The quantitative estimate of drug-likeness (QED) is 0.770. The van der Waals surface area contributed by atoms with Crippen molar-refractivity contribution in [2.45, 2.75) is 0 Å². The molecular weight excluding hydrogens is 336 g/mol. The minimum absolute atomic E-state index is 0.0322. The number of allylic oxidation sites excluding steroid dienone is 1. The van der Waals surface area contributed by atoms with E-state index in [4.69, 9.17) is 19.9 Å². The van der Waals surface area contributed by atoms with Crippen LogP contribution in [0.15, 0.2) is 12.1 Å². The van der Waals surface area contributed by atoms with Gasteiger partial charge in [0.05, 0.1) is 26.9 Å². The molecule has 0 atom stereocenters. The highest BCUT2D eigenvalue weighted by atomic mass is 16.5. The Bertz CT molecular complexity index is 848. The average molecular weight is 356 g/mol. The van der Waals surface area contributed by atoms with Crippen LogP contribution in [0.5, 0.6) is 17.2 Å². The topological polar surface area (TPSA) is 119 Å². The van der Waals surface area contributed by atoms with Gasteiger partial charge in [-0.25, -0.2) is 0 Å². The van der Waals surface area contributed by atoms with Crippen molar-refractivity contribution < 1.29 is 14.2 Å². The maximum atomic E-state index is 9.55. The highest BCUT2D eigenvalue weighted by Gasteiger charge is 2.15.